The van der Waals surface area contributed by atoms with Gasteiger partial charge in [-0.25, -0.2) is 4.79 Å². The lowest BCUT2D eigenvalue weighted by molar-refractivity contribution is 0.00946. The molecule has 2 aliphatic rings. The molecule has 4 heteroatoms. The number of carbonyl (C=O) groups excluding carboxylic acids is 1. The van der Waals surface area contributed by atoms with Crippen LogP contribution in [0.1, 0.15) is 79.1 Å². The summed E-state index contributed by atoms with van der Waals surface area (Å²) in [4.78, 5) is 14.4. The lowest BCUT2D eigenvalue weighted by Crippen LogP contribution is -2.51. The lowest BCUT2D eigenvalue weighted by atomic mass is 9.84. The van der Waals surface area contributed by atoms with Crippen molar-refractivity contribution in [2.75, 3.05) is 13.1 Å². The molecule has 0 aromatic heterocycles. The summed E-state index contributed by atoms with van der Waals surface area (Å²) in [6, 6.07) is 0.933. The molecule has 134 valence electrons. The van der Waals surface area contributed by atoms with Crippen molar-refractivity contribution >= 4 is 6.09 Å². The van der Waals surface area contributed by atoms with E-state index in [-0.39, 0.29) is 6.09 Å². The fourth-order valence-electron chi connectivity index (χ4n) is 3.85. The molecule has 1 aliphatic carbocycles. The van der Waals surface area contributed by atoms with Crippen LogP contribution in [0.4, 0.5) is 4.79 Å². The van der Waals surface area contributed by atoms with Gasteiger partial charge in [-0.05, 0) is 71.6 Å². The van der Waals surface area contributed by atoms with Crippen LogP contribution >= 0.6 is 0 Å². The third-order valence-corrected chi connectivity index (χ3v) is 5.32. The van der Waals surface area contributed by atoms with Crippen molar-refractivity contribution in [3.63, 3.8) is 0 Å². The van der Waals surface area contributed by atoms with Crippen molar-refractivity contribution in [3.8, 4) is 0 Å². The van der Waals surface area contributed by atoms with E-state index in [4.69, 9.17) is 4.74 Å². The van der Waals surface area contributed by atoms with E-state index in [1.54, 1.807) is 0 Å². The summed E-state index contributed by atoms with van der Waals surface area (Å²) in [6.07, 6.45) is 9.88. The van der Waals surface area contributed by atoms with Gasteiger partial charge in [0.05, 0.1) is 0 Å². The molecule has 1 saturated carbocycles. The minimum Gasteiger partial charge on any atom is -0.444 e. The maximum atomic E-state index is 12.4. The fraction of sp³-hybridized carbons (Fsp3) is 0.947. The van der Waals surface area contributed by atoms with Crippen LogP contribution in [0.15, 0.2) is 0 Å². The van der Waals surface area contributed by atoms with Crippen LogP contribution in [0, 0.1) is 5.92 Å². The van der Waals surface area contributed by atoms with Gasteiger partial charge in [-0.3, -0.25) is 0 Å². The second kappa shape index (κ2) is 8.36. The Balaban J connectivity index is 1.81. The molecule has 4 nitrogen and oxygen atoms in total. The molecule has 1 heterocycles. The van der Waals surface area contributed by atoms with Gasteiger partial charge in [0.1, 0.15) is 5.60 Å². The molecule has 0 aromatic rings. The van der Waals surface area contributed by atoms with Gasteiger partial charge in [0.25, 0.3) is 0 Å². The first-order chi connectivity index (χ1) is 10.9. The Morgan fingerprint density at radius 3 is 2.43 bits per heavy atom. The molecule has 1 unspecified atom stereocenters. The Morgan fingerprint density at radius 2 is 1.83 bits per heavy atom. The van der Waals surface area contributed by atoms with E-state index in [0.29, 0.717) is 12.1 Å². The van der Waals surface area contributed by atoms with Crippen molar-refractivity contribution in [3.05, 3.63) is 0 Å². The van der Waals surface area contributed by atoms with Crippen LogP contribution in [0.25, 0.3) is 0 Å². The second-order valence-electron chi connectivity index (χ2n) is 8.36. The Labute approximate surface area is 142 Å². The van der Waals surface area contributed by atoms with Crippen LogP contribution in [-0.4, -0.2) is 41.8 Å². The van der Waals surface area contributed by atoms with Gasteiger partial charge in [-0.15, -0.1) is 0 Å². The Hall–Kier alpha value is -0.770. The third kappa shape index (κ3) is 5.98. The van der Waals surface area contributed by atoms with Crippen molar-refractivity contribution in [2.45, 2.75) is 96.7 Å². The predicted octanol–water partition coefficient (Wildman–Crippen LogP) is 4.33. The van der Waals surface area contributed by atoms with Crippen molar-refractivity contribution in [1.82, 2.24) is 10.2 Å². The van der Waals surface area contributed by atoms with Crippen LogP contribution in [-0.2, 0) is 4.74 Å². The monoisotopic (exact) mass is 324 g/mol. The Bertz CT molecular complexity index is 370. The van der Waals surface area contributed by atoms with E-state index in [2.05, 4.69) is 12.2 Å². The highest BCUT2D eigenvalue weighted by molar-refractivity contribution is 5.68. The number of ether oxygens (including phenoxy) is 1. The summed E-state index contributed by atoms with van der Waals surface area (Å²) in [5, 5.41) is 3.73. The zero-order chi connectivity index (χ0) is 16.9. The quantitative estimate of drug-likeness (QED) is 0.836. The topological polar surface area (TPSA) is 41.6 Å². The number of nitrogens with one attached hydrogen (secondary N) is 1. The van der Waals surface area contributed by atoms with Gasteiger partial charge in [-0.1, -0.05) is 13.3 Å². The van der Waals surface area contributed by atoms with E-state index < -0.39 is 5.60 Å². The van der Waals surface area contributed by atoms with E-state index in [1.807, 2.05) is 25.7 Å². The largest absolute Gasteiger partial charge is 0.444 e. The lowest BCUT2D eigenvalue weighted by Gasteiger charge is -2.38. The van der Waals surface area contributed by atoms with Gasteiger partial charge < -0.3 is 15.0 Å². The minimum absolute atomic E-state index is 0.140. The summed E-state index contributed by atoms with van der Waals surface area (Å²) in [5.74, 6) is 0.931. The molecule has 2 rings (SSSR count). The first-order valence-corrected chi connectivity index (χ1v) is 9.62. The maximum absolute atomic E-state index is 12.4. The summed E-state index contributed by atoms with van der Waals surface area (Å²) >= 11 is 0. The summed E-state index contributed by atoms with van der Waals surface area (Å²) in [5.41, 5.74) is -0.412. The first-order valence-electron chi connectivity index (χ1n) is 9.62. The average Bonchev–Trinajstić information content (AvgIpc) is 2.52. The zero-order valence-corrected chi connectivity index (χ0v) is 15.6. The van der Waals surface area contributed by atoms with Crippen LogP contribution in [0.3, 0.4) is 0 Å². The molecule has 0 aromatic carbocycles. The maximum Gasteiger partial charge on any atom is 0.410 e. The third-order valence-electron chi connectivity index (χ3n) is 5.32. The number of rotatable bonds is 4. The van der Waals surface area contributed by atoms with Crippen molar-refractivity contribution < 1.29 is 9.53 Å². The molecule has 1 amide bonds. The summed E-state index contributed by atoms with van der Waals surface area (Å²) in [6.45, 7) is 9.88. The number of hydrogen-bond donors (Lipinski definition) is 1. The van der Waals surface area contributed by atoms with Gasteiger partial charge >= 0.3 is 6.09 Å². The molecule has 1 aliphatic heterocycles. The molecule has 0 spiro atoms. The summed E-state index contributed by atoms with van der Waals surface area (Å²) in [7, 11) is 0. The predicted molar refractivity (Wildman–Crippen MR) is 94.6 cm³/mol. The smallest absolute Gasteiger partial charge is 0.410 e. The van der Waals surface area contributed by atoms with Crippen molar-refractivity contribution in [2.24, 2.45) is 5.92 Å². The number of hydrogen-bond acceptors (Lipinski definition) is 3. The van der Waals surface area contributed by atoms with Gasteiger partial charge in [0.2, 0.25) is 0 Å². The highest BCUT2D eigenvalue weighted by Gasteiger charge is 2.31. The first kappa shape index (κ1) is 18.6. The number of carbonyl (C=O) groups is 1. The molecular weight excluding hydrogens is 288 g/mol. The number of nitrogens with zero attached hydrogens (tertiary/aromatic N) is 1. The van der Waals surface area contributed by atoms with Crippen LogP contribution in [0.2, 0.25) is 0 Å². The Kier molecular flexibility index (Phi) is 6.75. The standard InChI is InChI=1S/C19H36N2O2/c1-5-15-9-11-16(12-10-15)20-14-17-8-6-7-13-21(17)18(22)23-19(2,3)4/h15-17,20H,5-14H2,1-4H3. The minimum atomic E-state index is -0.412. The normalized spacial score (nSPS) is 29.4. The van der Waals surface area contributed by atoms with E-state index in [9.17, 15) is 4.79 Å². The highest BCUT2D eigenvalue weighted by Crippen LogP contribution is 2.27. The van der Waals surface area contributed by atoms with Crippen LogP contribution in [0.5, 0.6) is 0 Å². The Morgan fingerprint density at radius 1 is 1.13 bits per heavy atom. The molecule has 1 N–H and O–H groups in total. The van der Waals surface area contributed by atoms with Crippen molar-refractivity contribution in [1.29, 1.82) is 0 Å². The van der Waals surface area contributed by atoms with Crippen LogP contribution < -0.4 is 5.32 Å². The van der Waals surface area contributed by atoms with Gasteiger partial charge in [0.15, 0.2) is 0 Å². The molecular formula is C19H36N2O2. The van der Waals surface area contributed by atoms with Gasteiger partial charge in [0, 0.05) is 25.2 Å². The molecule has 1 saturated heterocycles. The number of piperidine rings is 1. The highest BCUT2D eigenvalue weighted by atomic mass is 16.6. The molecule has 0 radical (unpaired) electrons. The van der Waals surface area contributed by atoms with E-state index in [1.165, 1.54) is 38.5 Å². The van der Waals surface area contributed by atoms with E-state index in [0.717, 1.165) is 31.8 Å². The van der Waals surface area contributed by atoms with Gasteiger partial charge in [-0.2, -0.15) is 0 Å². The van der Waals surface area contributed by atoms with E-state index >= 15 is 0 Å². The molecule has 0 bridgehead atoms. The second-order valence-corrected chi connectivity index (χ2v) is 8.36. The summed E-state index contributed by atoms with van der Waals surface area (Å²) < 4.78 is 5.59. The molecule has 23 heavy (non-hydrogen) atoms. The fourth-order valence-corrected chi connectivity index (χ4v) is 3.85. The number of amides is 1. The number of likely N-dealkylation sites (tertiary alicyclic amines) is 1. The average molecular weight is 325 g/mol. The SMILES string of the molecule is CCC1CCC(NCC2CCCCN2C(=O)OC(C)(C)C)CC1. The molecule has 1 atom stereocenters. The zero-order valence-electron chi connectivity index (χ0n) is 15.6. The molecule has 2 fully saturated rings.